The normalized spacial score (nSPS) is 13.5. The van der Waals surface area contributed by atoms with E-state index < -0.39 is 63.1 Å². The molecule has 0 aliphatic carbocycles. The van der Waals surface area contributed by atoms with Crippen molar-refractivity contribution in [2.24, 2.45) is 0 Å². The first-order valence-corrected chi connectivity index (χ1v) is 7.91. The Balaban J connectivity index is 2.49. The predicted molar refractivity (Wildman–Crippen MR) is 77.9 cm³/mol. The first-order chi connectivity index (χ1) is 12.7. The lowest BCUT2D eigenvalue weighted by molar-refractivity contribution is -0.284. The largest absolute Gasteiger partial charge is 0.490 e. The Morgan fingerprint density at radius 2 is 0.893 bits per heavy atom. The summed E-state index contributed by atoms with van der Waals surface area (Å²) in [6.45, 7) is -1.03. The minimum Gasteiger partial charge on any atom is -0.490 e. The first-order valence-electron chi connectivity index (χ1n) is 7.91. The first kappa shape index (κ1) is 24.2. The monoisotopic (exact) mass is 430 g/mol. The quantitative estimate of drug-likeness (QED) is 0.316. The van der Waals surface area contributed by atoms with Crippen LogP contribution in [0.2, 0.25) is 0 Å². The lowest BCUT2D eigenvalue weighted by Gasteiger charge is -2.20. The Morgan fingerprint density at radius 3 is 1.18 bits per heavy atom. The molecular weight excluding hydrogens is 414 g/mol. The van der Waals surface area contributed by atoms with Crippen molar-refractivity contribution >= 4 is 0 Å². The van der Waals surface area contributed by atoms with Crippen molar-refractivity contribution < 1.29 is 53.4 Å². The molecule has 0 aliphatic rings. The molecule has 0 unspecified atom stereocenters. The SMILES string of the molecule is FC(F)(F)C(F)(F)CCCOc1ccccc1OCCCC(F)(F)C(F)(F)F. The second kappa shape index (κ2) is 9.08. The number of alkyl halides is 10. The molecule has 0 saturated heterocycles. The molecule has 0 amide bonds. The Labute approximate surface area is 153 Å². The highest BCUT2D eigenvalue weighted by molar-refractivity contribution is 5.39. The van der Waals surface area contributed by atoms with Gasteiger partial charge in [0, 0.05) is 12.8 Å². The third-order valence-corrected chi connectivity index (χ3v) is 3.46. The van der Waals surface area contributed by atoms with E-state index in [1.807, 2.05) is 0 Å². The summed E-state index contributed by atoms with van der Waals surface area (Å²) >= 11 is 0. The van der Waals surface area contributed by atoms with Gasteiger partial charge in [0.25, 0.3) is 0 Å². The molecule has 1 aromatic rings. The van der Waals surface area contributed by atoms with E-state index in [2.05, 4.69) is 0 Å². The Bertz CT molecular complexity index is 557. The van der Waals surface area contributed by atoms with Gasteiger partial charge in [0.05, 0.1) is 13.2 Å². The van der Waals surface area contributed by atoms with Crippen LogP contribution in [-0.2, 0) is 0 Å². The van der Waals surface area contributed by atoms with Gasteiger partial charge in [0.1, 0.15) is 0 Å². The third-order valence-electron chi connectivity index (χ3n) is 3.46. The molecule has 1 aromatic carbocycles. The van der Waals surface area contributed by atoms with Crippen LogP contribution in [0.15, 0.2) is 24.3 Å². The van der Waals surface area contributed by atoms with Crippen LogP contribution in [-0.4, -0.2) is 37.4 Å². The van der Waals surface area contributed by atoms with Crippen LogP contribution >= 0.6 is 0 Å². The van der Waals surface area contributed by atoms with Gasteiger partial charge in [0.15, 0.2) is 11.5 Å². The molecule has 0 radical (unpaired) electrons. The molecule has 0 fully saturated rings. The smallest absolute Gasteiger partial charge is 0.453 e. The molecule has 0 spiro atoms. The summed E-state index contributed by atoms with van der Waals surface area (Å²) in [4.78, 5) is 0. The number of hydrogen-bond donors (Lipinski definition) is 0. The van der Waals surface area contributed by atoms with Crippen molar-refractivity contribution in [3.63, 3.8) is 0 Å². The van der Waals surface area contributed by atoms with Gasteiger partial charge in [-0.3, -0.25) is 0 Å². The third kappa shape index (κ3) is 6.93. The molecule has 12 heteroatoms. The second-order valence-electron chi connectivity index (χ2n) is 5.76. The highest BCUT2D eigenvalue weighted by Crippen LogP contribution is 2.40. The second-order valence-corrected chi connectivity index (χ2v) is 5.76. The van der Waals surface area contributed by atoms with Gasteiger partial charge in [-0.25, -0.2) is 0 Å². The number of rotatable bonds is 10. The molecule has 0 aliphatic heterocycles. The van der Waals surface area contributed by atoms with Crippen LogP contribution in [0.4, 0.5) is 43.9 Å². The van der Waals surface area contributed by atoms with E-state index >= 15 is 0 Å². The maximum atomic E-state index is 12.8. The summed E-state index contributed by atoms with van der Waals surface area (Å²) in [5.74, 6) is -9.87. The standard InChI is InChI=1S/C16H16F10O2/c17-13(18,15(21,22)23)7-3-9-27-11-5-1-2-6-12(11)28-10-4-8-14(19,20)16(24,25)26/h1-2,5-6H,3-4,7-10H2. The summed E-state index contributed by atoms with van der Waals surface area (Å²) in [6, 6.07) is 5.40. The maximum Gasteiger partial charge on any atom is 0.453 e. The van der Waals surface area contributed by atoms with Gasteiger partial charge < -0.3 is 9.47 Å². The van der Waals surface area contributed by atoms with Gasteiger partial charge in [-0.1, -0.05) is 12.1 Å². The van der Waals surface area contributed by atoms with Crippen LogP contribution in [0.1, 0.15) is 25.7 Å². The lowest BCUT2D eigenvalue weighted by Crippen LogP contribution is -2.36. The summed E-state index contributed by atoms with van der Waals surface area (Å²) < 4.78 is 133. The van der Waals surface area contributed by atoms with Crippen molar-refractivity contribution in [3.05, 3.63) is 24.3 Å². The number of benzene rings is 1. The fraction of sp³-hybridized carbons (Fsp3) is 0.625. The number of hydrogen-bond acceptors (Lipinski definition) is 2. The zero-order valence-electron chi connectivity index (χ0n) is 14.1. The van der Waals surface area contributed by atoms with E-state index in [0.717, 1.165) is 0 Å². The molecule has 2 nitrogen and oxygen atoms in total. The highest BCUT2D eigenvalue weighted by Gasteiger charge is 2.57. The van der Waals surface area contributed by atoms with Crippen LogP contribution < -0.4 is 9.47 Å². The summed E-state index contributed by atoms with van der Waals surface area (Å²) in [5.41, 5.74) is 0. The molecule has 0 bridgehead atoms. The van der Waals surface area contributed by atoms with Crippen LogP contribution in [0, 0.1) is 0 Å². The summed E-state index contributed by atoms with van der Waals surface area (Å²) in [6.07, 6.45) is -15.6. The zero-order chi connectivity index (χ0) is 21.6. The Morgan fingerprint density at radius 1 is 0.571 bits per heavy atom. The fourth-order valence-electron chi connectivity index (χ4n) is 1.92. The minimum absolute atomic E-state index is 0.0691. The van der Waals surface area contributed by atoms with E-state index in [0.29, 0.717) is 0 Å². The van der Waals surface area contributed by atoms with Crippen LogP contribution in [0.5, 0.6) is 11.5 Å². The average molecular weight is 430 g/mol. The lowest BCUT2D eigenvalue weighted by atomic mass is 10.2. The molecule has 162 valence electrons. The Kier molecular flexibility index (Phi) is 7.83. The average Bonchev–Trinajstić information content (AvgIpc) is 2.54. The molecule has 28 heavy (non-hydrogen) atoms. The summed E-state index contributed by atoms with van der Waals surface area (Å²) in [5, 5.41) is 0. The fourth-order valence-corrected chi connectivity index (χ4v) is 1.92. The van der Waals surface area contributed by atoms with Crippen molar-refractivity contribution in [3.8, 4) is 11.5 Å². The molecule has 0 N–H and O–H groups in total. The van der Waals surface area contributed by atoms with E-state index in [1.54, 1.807) is 0 Å². The summed E-state index contributed by atoms with van der Waals surface area (Å²) in [7, 11) is 0. The predicted octanol–water partition coefficient (Wildman–Crippen LogP) is 6.40. The number of para-hydroxylation sites is 2. The van der Waals surface area contributed by atoms with Crippen LogP contribution in [0.3, 0.4) is 0 Å². The highest BCUT2D eigenvalue weighted by atomic mass is 19.4. The molecule has 1 rings (SSSR count). The van der Waals surface area contributed by atoms with E-state index in [1.165, 1.54) is 24.3 Å². The molecule has 0 atom stereocenters. The van der Waals surface area contributed by atoms with Crippen molar-refractivity contribution in [1.29, 1.82) is 0 Å². The van der Waals surface area contributed by atoms with Gasteiger partial charge in [0.2, 0.25) is 0 Å². The zero-order valence-corrected chi connectivity index (χ0v) is 14.1. The molecule has 0 saturated carbocycles. The van der Waals surface area contributed by atoms with E-state index in [9.17, 15) is 43.9 Å². The van der Waals surface area contributed by atoms with E-state index in [4.69, 9.17) is 9.47 Å². The van der Waals surface area contributed by atoms with Crippen molar-refractivity contribution in [1.82, 2.24) is 0 Å². The molecular formula is C16H16F10O2. The van der Waals surface area contributed by atoms with Gasteiger partial charge >= 0.3 is 24.2 Å². The van der Waals surface area contributed by atoms with E-state index in [-0.39, 0.29) is 11.5 Å². The van der Waals surface area contributed by atoms with Gasteiger partial charge in [-0.15, -0.1) is 0 Å². The van der Waals surface area contributed by atoms with Gasteiger partial charge in [-0.2, -0.15) is 43.9 Å². The number of halogens is 10. The van der Waals surface area contributed by atoms with Gasteiger partial charge in [-0.05, 0) is 25.0 Å². The topological polar surface area (TPSA) is 18.5 Å². The maximum absolute atomic E-state index is 12.8. The number of ether oxygens (including phenoxy) is 2. The van der Waals surface area contributed by atoms with Crippen LogP contribution in [0.25, 0.3) is 0 Å². The minimum atomic E-state index is -5.67. The van der Waals surface area contributed by atoms with Crippen molar-refractivity contribution in [2.75, 3.05) is 13.2 Å². The van der Waals surface area contributed by atoms with Crippen molar-refractivity contribution in [2.45, 2.75) is 49.9 Å². The molecule has 0 heterocycles. The Hall–Kier alpha value is -1.88. The molecule has 0 aromatic heterocycles.